The molecule has 1 rings (SSSR count). The number of likely N-dealkylation sites (tertiary alicyclic amines) is 1. The number of hydrogen-bond acceptors (Lipinski definition) is 1. The first kappa shape index (κ1) is 10.6. The van der Waals surface area contributed by atoms with Crippen molar-refractivity contribution in [3.63, 3.8) is 0 Å². The van der Waals surface area contributed by atoms with Gasteiger partial charge in [-0.25, -0.2) is 0 Å². The van der Waals surface area contributed by atoms with E-state index in [1.54, 1.807) is 0 Å². The molecule has 0 aromatic carbocycles. The van der Waals surface area contributed by atoms with Crippen molar-refractivity contribution < 1.29 is 0 Å². The highest BCUT2D eigenvalue weighted by Crippen LogP contribution is 2.20. The first-order valence-electron chi connectivity index (χ1n) is 5.32. The zero-order valence-corrected chi connectivity index (χ0v) is 9.30. The summed E-state index contributed by atoms with van der Waals surface area (Å²) >= 11 is 0. The Labute approximate surface area is 82.5 Å². The van der Waals surface area contributed by atoms with E-state index in [-0.39, 0.29) is 0 Å². The lowest BCUT2D eigenvalue weighted by atomic mass is 9.95. The van der Waals surface area contributed by atoms with Gasteiger partial charge >= 0.3 is 0 Å². The van der Waals surface area contributed by atoms with Gasteiger partial charge in [-0.05, 0) is 19.8 Å². The molecule has 0 aromatic rings. The van der Waals surface area contributed by atoms with Crippen molar-refractivity contribution in [1.29, 1.82) is 0 Å². The zero-order valence-electron chi connectivity index (χ0n) is 9.30. The first-order chi connectivity index (χ1) is 6.09. The maximum atomic E-state index is 3.27. The lowest BCUT2D eigenvalue weighted by Gasteiger charge is -2.41. The number of hydrogen-bond donors (Lipinski definition) is 0. The highest BCUT2D eigenvalue weighted by atomic mass is 15.2. The Bertz CT molecular complexity index is 201. The SMILES string of the molecule is CC(C)C#CCC1CN(C(C)C)C1. The Morgan fingerprint density at radius 2 is 1.85 bits per heavy atom. The molecule has 0 saturated carbocycles. The average Bonchev–Trinajstić information content (AvgIpc) is 1.92. The second-order valence-corrected chi connectivity index (χ2v) is 4.59. The van der Waals surface area contributed by atoms with Gasteiger partial charge in [0, 0.05) is 31.5 Å². The Morgan fingerprint density at radius 3 is 2.31 bits per heavy atom. The lowest BCUT2D eigenvalue weighted by molar-refractivity contribution is 0.0708. The molecule has 0 N–H and O–H groups in total. The third kappa shape index (κ3) is 3.40. The van der Waals surface area contributed by atoms with E-state index in [1.165, 1.54) is 13.1 Å². The van der Waals surface area contributed by atoms with Gasteiger partial charge in [-0.1, -0.05) is 13.8 Å². The standard InChI is InChI=1S/C12H21N/c1-10(2)6-5-7-12-8-13(9-12)11(3)4/h10-12H,7-9H2,1-4H3. The molecule has 13 heavy (non-hydrogen) atoms. The van der Waals surface area contributed by atoms with Crippen LogP contribution in [0.2, 0.25) is 0 Å². The van der Waals surface area contributed by atoms with Crippen molar-refractivity contribution >= 4 is 0 Å². The van der Waals surface area contributed by atoms with Crippen LogP contribution in [0.1, 0.15) is 34.1 Å². The highest BCUT2D eigenvalue weighted by Gasteiger charge is 2.27. The van der Waals surface area contributed by atoms with Crippen molar-refractivity contribution in [3.05, 3.63) is 0 Å². The molecule has 1 heteroatoms. The fourth-order valence-electron chi connectivity index (χ4n) is 1.57. The maximum absolute atomic E-state index is 3.27. The Morgan fingerprint density at radius 1 is 1.23 bits per heavy atom. The van der Waals surface area contributed by atoms with Gasteiger partial charge < -0.3 is 4.90 Å². The van der Waals surface area contributed by atoms with Crippen LogP contribution in [-0.4, -0.2) is 24.0 Å². The minimum absolute atomic E-state index is 0.529. The third-order valence-electron chi connectivity index (χ3n) is 2.50. The molecule has 1 fully saturated rings. The Kier molecular flexibility index (Phi) is 3.81. The smallest absolute Gasteiger partial charge is 0.0146 e. The van der Waals surface area contributed by atoms with Gasteiger partial charge in [-0.2, -0.15) is 0 Å². The molecule has 1 aliphatic heterocycles. The summed E-state index contributed by atoms with van der Waals surface area (Å²) in [5.41, 5.74) is 0. The second kappa shape index (κ2) is 4.67. The van der Waals surface area contributed by atoms with Crippen LogP contribution in [0.3, 0.4) is 0 Å². The number of rotatable bonds is 2. The van der Waals surface area contributed by atoms with E-state index < -0.39 is 0 Å². The van der Waals surface area contributed by atoms with Crippen molar-refractivity contribution in [1.82, 2.24) is 4.90 Å². The van der Waals surface area contributed by atoms with Gasteiger partial charge in [-0.3, -0.25) is 0 Å². The summed E-state index contributed by atoms with van der Waals surface area (Å²) in [5.74, 6) is 7.86. The molecule has 74 valence electrons. The third-order valence-corrected chi connectivity index (χ3v) is 2.50. The van der Waals surface area contributed by atoms with Crippen LogP contribution in [0.5, 0.6) is 0 Å². The molecule has 0 unspecified atom stereocenters. The molecule has 0 aromatic heterocycles. The average molecular weight is 179 g/mol. The van der Waals surface area contributed by atoms with Gasteiger partial charge in [0.15, 0.2) is 0 Å². The van der Waals surface area contributed by atoms with E-state index in [1.807, 2.05) is 0 Å². The van der Waals surface area contributed by atoms with Crippen LogP contribution >= 0.6 is 0 Å². The quantitative estimate of drug-likeness (QED) is 0.588. The summed E-state index contributed by atoms with van der Waals surface area (Å²) in [5, 5.41) is 0. The molecule has 0 atom stereocenters. The molecule has 1 aliphatic rings. The van der Waals surface area contributed by atoms with Crippen molar-refractivity contribution in [3.8, 4) is 11.8 Å². The molecule has 1 saturated heterocycles. The van der Waals surface area contributed by atoms with Crippen LogP contribution in [0, 0.1) is 23.7 Å². The molecule has 1 nitrogen and oxygen atoms in total. The van der Waals surface area contributed by atoms with E-state index in [0.29, 0.717) is 12.0 Å². The predicted octanol–water partition coefficient (Wildman–Crippen LogP) is 2.38. The fourth-order valence-corrected chi connectivity index (χ4v) is 1.57. The van der Waals surface area contributed by atoms with Crippen LogP contribution < -0.4 is 0 Å². The first-order valence-corrected chi connectivity index (χ1v) is 5.32. The van der Waals surface area contributed by atoms with E-state index in [9.17, 15) is 0 Å². The minimum Gasteiger partial charge on any atom is -0.300 e. The predicted molar refractivity (Wildman–Crippen MR) is 57.4 cm³/mol. The molecular weight excluding hydrogens is 158 g/mol. The molecule has 0 bridgehead atoms. The topological polar surface area (TPSA) is 3.24 Å². The normalized spacial score (nSPS) is 18.6. The van der Waals surface area contributed by atoms with Crippen LogP contribution in [0.25, 0.3) is 0 Å². The van der Waals surface area contributed by atoms with E-state index in [4.69, 9.17) is 0 Å². The monoisotopic (exact) mass is 179 g/mol. The lowest BCUT2D eigenvalue weighted by Crippen LogP contribution is -2.49. The van der Waals surface area contributed by atoms with E-state index in [2.05, 4.69) is 44.4 Å². The molecular formula is C12H21N. The van der Waals surface area contributed by atoms with Crippen molar-refractivity contribution in [2.75, 3.05) is 13.1 Å². The summed E-state index contributed by atoms with van der Waals surface area (Å²) in [4.78, 5) is 2.50. The maximum Gasteiger partial charge on any atom is 0.0146 e. The van der Waals surface area contributed by atoms with Crippen LogP contribution in [0.15, 0.2) is 0 Å². The summed E-state index contributed by atoms with van der Waals surface area (Å²) in [7, 11) is 0. The van der Waals surface area contributed by atoms with Gasteiger partial charge in [0.25, 0.3) is 0 Å². The summed E-state index contributed by atoms with van der Waals surface area (Å²) in [6, 6.07) is 0.717. The summed E-state index contributed by atoms with van der Waals surface area (Å²) in [6.07, 6.45) is 1.10. The Hall–Kier alpha value is -0.480. The minimum atomic E-state index is 0.529. The molecule has 1 heterocycles. The largest absolute Gasteiger partial charge is 0.300 e. The molecule has 0 spiro atoms. The summed E-state index contributed by atoms with van der Waals surface area (Å²) in [6.45, 7) is 11.3. The zero-order chi connectivity index (χ0) is 9.84. The number of nitrogens with zero attached hydrogens (tertiary/aromatic N) is 1. The summed E-state index contributed by atoms with van der Waals surface area (Å²) < 4.78 is 0. The van der Waals surface area contributed by atoms with E-state index >= 15 is 0 Å². The van der Waals surface area contributed by atoms with Crippen molar-refractivity contribution in [2.24, 2.45) is 11.8 Å². The molecule has 0 amide bonds. The van der Waals surface area contributed by atoms with Gasteiger partial charge in [0.2, 0.25) is 0 Å². The van der Waals surface area contributed by atoms with Crippen LogP contribution in [0.4, 0.5) is 0 Å². The highest BCUT2D eigenvalue weighted by molar-refractivity contribution is 5.04. The van der Waals surface area contributed by atoms with E-state index in [0.717, 1.165) is 12.3 Å². The molecule has 0 radical (unpaired) electrons. The fraction of sp³-hybridized carbons (Fsp3) is 0.833. The molecule has 0 aliphatic carbocycles. The van der Waals surface area contributed by atoms with Crippen molar-refractivity contribution in [2.45, 2.75) is 40.2 Å². The van der Waals surface area contributed by atoms with Gasteiger partial charge in [-0.15, -0.1) is 11.8 Å². The van der Waals surface area contributed by atoms with Gasteiger partial charge in [0.05, 0.1) is 0 Å². The van der Waals surface area contributed by atoms with Crippen LogP contribution in [-0.2, 0) is 0 Å². The van der Waals surface area contributed by atoms with Gasteiger partial charge in [0.1, 0.15) is 0 Å². The Balaban J connectivity index is 2.13. The second-order valence-electron chi connectivity index (χ2n) is 4.59.